The number of nitrogens with one attached hydrogen (secondary N) is 1. The van der Waals surface area contributed by atoms with Crippen LogP contribution < -0.4 is 10.1 Å². The van der Waals surface area contributed by atoms with Crippen LogP contribution in [0.5, 0.6) is 5.88 Å². The summed E-state index contributed by atoms with van der Waals surface area (Å²) in [6.07, 6.45) is -0.411. The summed E-state index contributed by atoms with van der Waals surface area (Å²) in [6.45, 7) is 0. The number of hydrogen-bond donors (Lipinski definition) is 1. The molecule has 5 rings (SSSR count). The van der Waals surface area contributed by atoms with E-state index < -0.39 is 6.23 Å². The molecule has 5 nitrogen and oxygen atoms in total. The molecule has 30 heavy (non-hydrogen) atoms. The zero-order chi connectivity index (χ0) is 20.3. The molecule has 0 spiro atoms. The molecule has 1 aliphatic heterocycles. The molecule has 0 unspecified atom stereocenters. The van der Waals surface area contributed by atoms with E-state index >= 15 is 0 Å². The van der Waals surface area contributed by atoms with Crippen LogP contribution in [0.4, 0.5) is 5.69 Å². The van der Waals surface area contributed by atoms with E-state index in [2.05, 4.69) is 43.6 Å². The lowest BCUT2D eigenvalue weighted by molar-refractivity contribution is 0.224. The Balaban J connectivity index is 1.52. The average Bonchev–Trinajstić information content (AvgIpc) is 2.95. The van der Waals surface area contributed by atoms with Crippen LogP contribution in [0.15, 0.2) is 88.5 Å². The van der Waals surface area contributed by atoms with Crippen molar-refractivity contribution >= 4 is 33.4 Å². The number of thioether (sulfide) groups is 1. The average molecular weight is 477 g/mol. The number of benzene rings is 3. The van der Waals surface area contributed by atoms with Gasteiger partial charge in [-0.25, -0.2) is 0 Å². The number of ether oxygens (including phenoxy) is 1. The summed E-state index contributed by atoms with van der Waals surface area (Å²) in [6, 6.07) is 26.2. The van der Waals surface area contributed by atoms with E-state index in [1.807, 2.05) is 66.7 Å². The standard InChI is InChI=1S/C23H17BrN4OS/c24-18-12-6-4-10-16(18)21-25-19-13-7-5-11-17(19)20-22(29-21)26-23(28-27-20)30-14-15-8-2-1-3-9-15/h1-13,21,25H,14H2/t21-/m0/s1. The fourth-order valence-corrected chi connectivity index (χ4v) is 4.49. The van der Waals surface area contributed by atoms with Crippen LogP contribution >= 0.6 is 27.7 Å². The molecular weight excluding hydrogens is 460 g/mol. The molecule has 1 aromatic heterocycles. The number of anilines is 1. The summed E-state index contributed by atoms with van der Waals surface area (Å²) >= 11 is 5.17. The van der Waals surface area contributed by atoms with Crippen molar-refractivity contribution in [1.82, 2.24) is 15.2 Å². The summed E-state index contributed by atoms with van der Waals surface area (Å²) in [5.41, 5.74) is 4.67. The van der Waals surface area contributed by atoms with Crippen LogP contribution in [-0.2, 0) is 5.75 Å². The first-order chi connectivity index (χ1) is 14.8. The number of hydrogen-bond acceptors (Lipinski definition) is 6. The lowest BCUT2D eigenvalue weighted by Gasteiger charge is -2.20. The minimum absolute atomic E-state index is 0.411. The quantitative estimate of drug-likeness (QED) is 0.359. The van der Waals surface area contributed by atoms with Crippen LogP contribution in [0.2, 0.25) is 0 Å². The van der Waals surface area contributed by atoms with Crippen molar-refractivity contribution in [2.75, 3.05) is 5.32 Å². The molecule has 0 radical (unpaired) electrons. The maximum atomic E-state index is 6.33. The van der Waals surface area contributed by atoms with Gasteiger partial charge in [0.1, 0.15) is 0 Å². The van der Waals surface area contributed by atoms with Gasteiger partial charge in [-0.3, -0.25) is 0 Å². The van der Waals surface area contributed by atoms with Gasteiger partial charge in [0, 0.05) is 27.0 Å². The van der Waals surface area contributed by atoms with Crippen molar-refractivity contribution in [1.29, 1.82) is 0 Å². The van der Waals surface area contributed by atoms with E-state index in [1.54, 1.807) is 11.8 Å². The fourth-order valence-electron chi connectivity index (χ4n) is 3.26. The minimum Gasteiger partial charge on any atom is -0.448 e. The van der Waals surface area contributed by atoms with Crippen LogP contribution in [0, 0.1) is 0 Å². The Kier molecular flexibility index (Phi) is 5.38. The van der Waals surface area contributed by atoms with E-state index in [9.17, 15) is 0 Å². The number of halogens is 1. The number of nitrogens with zero attached hydrogens (tertiary/aromatic N) is 3. The van der Waals surface area contributed by atoms with Gasteiger partial charge in [0.25, 0.3) is 0 Å². The molecule has 2 heterocycles. The third-order valence-electron chi connectivity index (χ3n) is 4.73. The summed E-state index contributed by atoms with van der Waals surface area (Å²) in [5, 5.41) is 12.9. The zero-order valence-electron chi connectivity index (χ0n) is 15.8. The molecular formula is C23H17BrN4OS. The van der Waals surface area contributed by atoms with Gasteiger partial charge in [-0.15, -0.1) is 10.2 Å². The Morgan fingerprint density at radius 3 is 2.53 bits per heavy atom. The highest BCUT2D eigenvalue weighted by atomic mass is 79.9. The zero-order valence-corrected chi connectivity index (χ0v) is 18.2. The first-order valence-corrected chi connectivity index (χ1v) is 11.2. The molecule has 0 saturated carbocycles. The number of fused-ring (bicyclic) bond motifs is 3. The Bertz CT molecular complexity index is 1190. The van der Waals surface area contributed by atoms with Gasteiger partial charge in [-0.2, -0.15) is 4.98 Å². The van der Waals surface area contributed by atoms with Crippen LogP contribution in [0.1, 0.15) is 17.4 Å². The van der Waals surface area contributed by atoms with Crippen molar-refractivity contribution in [3.63, 3.8) is 0 Å². The molecule has 0 amide bonds. The molecule has 0 aliphatic carbocycles. The van der Waals surface area contributed by atoms with Gasteiger partial charge in [0.2, 0.25) is 11.0 Å². The number of aromatic nitrogens is 3. The molecule has 148 valence electrons. The molecule has 0 fully saturated rings. The maximum absolute atomic E-state index is 6.33. The third kappa shape index (κ3) is 3.91. The molecule has 3 aromatic carbocycles. The predicted molar refractivity (Wildman–Crippen MR) is 122 cm³/mol. The number of para-hydroxylation sites is 1. The first kappa shape index (κ1) is 19.1. The second-order valence-corrected chi connectivity index (χ2v) is 8.53. The molecule has 4 aromatic rings. The van der Waals surface area contributed by atoms with Crippen LogP contribution in [0.25, 0.3) is 11.3 Å². The van der Waals surface area contributed by atoms with E-state index in [-0.39, 0.29) is 0 Å². The van der Waals surface area contributed by atoms with E-state index in [1.165, 1.54) is 5.56 Å². The van der Waals surface area contributed by atoms with Crippen molar-refractivity contribution in [2.45, 2.75) is 17.1 Å². The fraction of sp³-hybridized carbons (Fsp3) is 0.0870. The van der Waals surface area contributed by atoms with Gasteiger partial charge in [-0.1, -0.05) is 94.4 Å². The second-order valence-electron chi connectivity index (χ2n) is 6.73. The molecule has 0 bridgehead atoms. The van der Waals surface area contributed by atoms with E-state index in [4.69, 9.17) is 9.72 Å². The summed E-state index contributed by atoms with van der Waals surface area (Å²) < 4.78 is 7.29. The van der Waals surface area contributed by atoms with Gasteiger partial charge < -0.3 is 10.1 Å². The third-order valence-corrected chi connectivity index (χ3v) is 6.36. The highest BCUT2D eigenvalue weighted by molar-refractivity contribution is 9.10. The highest BCUT2D eigenvalue weighted by Crippen LogP contribution is 2.40. The normalized spacial score (nSPS) is 14.6. The van der Waals surface area contributed by atoms with E-state index in [0.717, 1.165) is 27.0 Å². The van der Waals surface area contributed by atoms with Gasteiger partial charge in [0.15, 0.2) is 11.9 Å². The van der Waals surface area contributed by atoms with Crippen molar-refractivity contribution in [2.24, 2.45) is 0 Å². The minimum atomic E-state index is -0.411. The predicted octanol–water partition coefficient (Wildman–Crippen LogP) is 6.10. The highest BCUT2D eigenvalue weighted by Gasteiger charge is 2.26. The van der Waals surface area contributed by atoms with Crippen LogP contribution in [0.3, 0.4) is 0 Å². The summed E-state index contributed by atoms with van der Waals surface area (Å²) in [5.74, 6) is 1.24. The van der Waals surface area contributed by atoms with Gasteiger partial charge >= 0.3 is 0 Å². The summed E-state index contributed by atoms with van der Waals surface area (Å²) in [4.78, 5) is 4.70. The Labute approximate surface area is 187 Å². The lowest BCUT2D eigenvalue weighted by Crippen LogP contribution is -2.17. The summed E-state index contributed by atoms with van der Waals surface area (Å²) in [7, 11) is 0. The monoisotopic (exact) mass is 476 g/mol. The van der Waals surface area contributed by atoms with Crippen molar-refractivity contribution < 1.29 is 4.74 Å². The van der Waals surface area contributed by atoms with Crippen LogP contribution in [-0.4, -0.2) is 15.2 Å². The second kappa shape index (κ2) is 8.45. The Morgan fingerprint density at radius 1 is 0.900 bits per heavy atom. The Morgan fingerprint density at radius 2 is 1.67 bits per heavy atom. The topological polar surface area (TPSA) is 59.9 Å². The Hall–Kier alpha value is -2.90. The van der Waals surface area contributed by atoms with Gasteiger partial charge in [0.05, 0.1) is 0 Å². The van der Waals surface area contributed by atoms with Crippen molar-refractivity contribution in [3.8, 4) is 17.1 Å². The van der Waals surface area contributed by atoms with Crippen molar-refractivity contribution in [3.05, 3.63) is 94.5 Å². The molecule has 1 aliphatic rings. The molecule has 0 saturated heterocycles. The molecule has 1 N–H and O–H groups in total. The van der Waals surface area contributed by atoms with E-state index in [0.29, 0.717) is 16.7 Å². The largest absolute Gasteiger partial charge is 0.448 e. The number of rotatable bonds is 4. The lowest BCUT2D eigenvalue weighted by atomic mass is 10.1. The first-order valence-electron chi connectivity index (χ1n) is 9.46. The smallest absolute Gasteiger partial charge is 0.247 e. The van der Waals surface area contributed by atoms with Gasteiger partial charge in [-0.05, 0) is 17.7 Å². The molecule has 1 atom stereocenters. The SMILES string of the molecule is Brc1ccccc1[C@H]1Nc2ccccc2-c2nnc(SCc3ccccc3)nc2O1. The maximum Gasteiger partial charge on any atom is 0.247 e. The molecule has 7 heteroatoms.